The van der Waals surface area contributed by atoms with E-state index in [9.17, 15) is 9.59 Å². The summed E-state index contributed by atoms with van der Waals surface area (Å²) in [6.07, 6.45) is 4.52. The molecule has 0 aliphatic heterocycles. The zero-order valence-electron chi connectivity index (χ0n) is 18.2. The number of nitrogens with zero attached hydrogens (tertiary/aromatic N) is 1. The fourth-order valence-corrected chi connectivity index (χ4v) is 3.43. The molecule has 1 aliphatic rings. The molecular weight excluding hydrogens is 438 g/mol. The van der Waals surface area contributed by atoms with E-state index in [4.69, 9.17) is 16.3 Å². The van der Waals surface area contributed by atoms with Crippen LogP contribution in [0.5, 0.6) is 5.88 Å². The van der Waals surface area contributed by atoms with Crippen molar-refractivity contribution in [2.75, 3.05) is 6.61 Å². The molecular formula is C26H26ClN3O3. The lowest BCUT2D eigenvalue weighted by atomic mass is 10.0. The SMILES string of the molecule is O=C(N[C@H](Cc1ccccc1)C(=O)NCc1ccc(OCC2CC2)nc1)c1ccc(Cl)cc1. The Morgan fingerprint density at radius 2 is 1.76 bits per heavy atom. The smallest absolute Gasteiger partial charge is 0.251 e. The van der Waals surface area contributed by atoms with Crippen LogP contribution in [0.4, 0.5) is 0 Å². The summed E-state index contributed by atoms with van der Waals surface area (Å²) in [4.78, 5) is 30.0. The molecule has 0 unspecified atom stereocenters. The average Bonchev–Trinajstić information content (AvgIpc) is 3.67. The third-order valence-electron chi connectivity index (χ3n) is 5.44. The number of ether oxygens (including phenoxy) is 1. The molecule has 33 heavy (non-hydrogen) atoms. The first-order chi connectivity index (χ1) is 16.1. The van der Waals surface area contributed by atoms with Crippen LogP contribution in [-0.2, 0) is 17.8 Å². The molecule has 7 heteroatoms. The molecule has 1 saturated carbocycles. The highest BCUT2D eigenvalue weighted by Gasteiger charge is 2.23. The Balaban J connectivity index is 1.37. The van der Waals surface area contributed by atoms with Crippen LogP contribution < -0.4 is 15.4 Å². The monoisotopic (exact) mass is 463 g/mol. The fourth-order valence-electron chi connectivity index (χ4n) is 3.30. The Morgan fingerprint density at radius 1 is 1.00 bits per heavy atom. The van der Waals surface area contributed by atoms with E-state index >= 15 is 0 Å². The Kier molecular flexibility index (Phi) is 7.58. The van der Waals surface area contributed by atoms with Crippen LogP contribution in [0.3, 0.4) is 0 Å². The summed E-state index contributed by atoms with van der Waals surface area (Å²) in [5, 5.41) is 6.30. The molecule has 0 saturated heterocycles. The molecule has 0 spiro atoms. The highest BCUT2D eigenvalue weighted by atomic mass is 35.5. The van der Waals surface area contributed by atoms with Gasteiger partial charge in [0.25, 0.3) is 5.91 Å². The van der Waals surface area contributed by atoms with Gasteiger partial charge in [0.2, 0.25) is 11.8 Å². The van der Waals surface area contributed by atoms with Gasteiger partial charge in [0.15, 0.2) is 0 Å². The summed E-state index contributed by atoms with van der Waals surface area (Å²) < 4.78 is 5.65. The molecule has 2 N–H and O–H groups in total. The molecule has 1 aromatic heterocycles. The quantitative estimate of drug-likeness (QED) is 0.472. The number of halogens is 1. The summed E-state index contributed by atoms with van der Waals surface area (Å²) in [7, 11) is 0. The first-order valence-corrected chi connectivity index (χ1v) is 11.4. The summed E-state index contributed by atoms with van der Waals surface area (Å²) in [6, 6.07) is 19.1. The first kappa shape index (κ1) is 22.8. The second-order valence-corrected chi connectivity index (χ2v) is 8.64. The molecule has 0 bridgehead atoms. The maximum absolute atomic E-state index is 13.0. The van der Waals surface area contributed by atoms with Crippen LogP contribution in [0.25, 0.3) is 0 Å². The number of rotatable bonds is 10. The van der Waals surface area contributed by atoms with Crippen molar-refractivity contribution >= 4 is 23.4 Å². The molecule has 3 aromatic rings. The summed E-state index contributed by atoms with van der Waals surface area (Å²) >= 11 is 5.91. The molecule has 170 valence electrons. The minimum Gasteiger partial charge on any atom is -0.477 e. The topological polar surface area (TPSA) is 80.3 Å². The maximum atomic E-state index is 13.0. The van der Waals surface area contributed by atoms with Gasteiger partial charge in [-0.1, -0.05) is 48.0 Å². The zero-order chi connectivity index (χ0) is 23.0. The van der Waals surface area contributed by atoms with E-state index in [0.29, 0.717) is 42.0 Å². The van der Waals surface area contributed by atoms with Crippen LogP contribution in [-0.4, -0.2) is 29.4 Å². The third-order valence-corrected chi connectivity index (χ3v) is 5.69. The van der Waals surface area contributed by atoms with E-state index in [1.807, 2.05) is 42.5 Å². The van der Waals surface area contributed by atoms with E-state index < -0.39 is 6.04 Å². The van der Waals surface area contributed by atoms with Crippen molar-refractivity contribution in [1.82, 2.24) is 15.6 Å². The number of hydrogen-bond donors (Lipinski definition) is 2. The van der Waals surface area contributed by atoms with Gasteiger partial charge in [0.05, 0.1) is 6.61 Å². The van der Waals surface area contributed by atoms with Crippen molar-refractivity contribution in [2.45, 2.75) is 31.8 Å². The summed E-state index contributed by atoms with van der Waals surface area (Å²) in [5.74, 6) is 0.654. The largest absolute Gasteiger partial charge is 0.477 e. The lowest BCUT2D eigenvalue weighted by Crippen LogP contribution is -2.47. The highest BCUT2D eigenvalue weighted by Crippen LogP contribution is 2.29. The number of aromatic nitrogens is 1. The predicted octanol–water partition coefficient (Wildman–Crippen LogP) is 4.18. The van der Waals surface area contributed by atoms with Crippen LogP contribution in [0.15, 0.2) is 72.9 Å². The van der Waals surface area contributed by atoms with Gasteiger partial charge in [-0.2, -0.15) is 0 Å². The Morgan fingerprint density at radius 3 is 2.42 bits per heavy atom. The van der Waals surface area contributed by atoms with Gasteiger partial charge >= 0.3 is 0 Å². The number of carbonyl (C=O) groups excluding carboxylic acids is 2. The van der Waals surface area contributed by atoms with E-state index in [0.717, 1.165) is 11.1 Å². The third kappa shape index (κ3) is 7.05. The standard InChI is InChI=1S/C26H26ClN3O3/c27-22-11-9-21(10-12-22)25(31)30-23(14-18-4-2-1-3-5-18)26(32)29-16-20-8-13-24(28-15-20)33-17-19-6-7-19/h1-5,8-13,15,19,23H,6-7,14,16-17H2,(H,29,32)(H,30,31)/t23-/m1/s1. The molecule has 1 atom stereocenters. The summed E-state index contributed by atoms with van der Waals surface area (Å²) in [6.45, 7) is 1.01. The highest BCUT2D eigenvalue weighted by molar-refractivity contribution is 6.30. The van der Waals surface area contributed by atoms with Crippen LogP contribution >= 0.6 is 11.6 Å². The van der Waals surface area contributed by atoms with Gasteiger partial charge < -0.3 is 15.4 Å². The molecule has 1 heterocycles. The van der Waals surface area contributed by atoms with E-state index in [-0.39, 0.29) is 11.8 Å². The van der Waals surface area contributed by atoms with Crippen LogP contribution in [0, 0.1) is 5.92 Å². The predicted molar refractivity (Wildman–Crippen MR) is 127 cm³/mol. The summed E-state index contributed by atoms with van der Waals surface area (Å²) in [5.41, 5.74) is 2.24. The lowest BCUT2D eigenvalue weighted by Gasteiger charge is -2.19. The second kappa shape index (κ2) is 11.0. The fraction of sp³-hybridized carbons (Fsp3) is 0.269. The van der Waals surface area contributed by atoms with Gasteiger partial charge in [-0.15, -0.1) is 0 Å². The molecule has 2 amide bonds. The Bertz CT molecular complexity index is 1070. The van der Waals surface area contributed by atoms with E-state index in [1.165, 1.54) is 12.8 Å². The first-order valence-electron chi connectivity index (χ1n) is 11.0. The van der Waals surface area contributed by atoms with Gasteiger partial charge in [0, 0.05) is 35.8 Å². The van der Waals surface area contributed by atoms with Gasteiger partial charge in [0.1, 0.15) is 6.04 Å². The van der Waals surface area contributed by atoms with Crippen molar-refractivity contribution in [3.63, 3.8) is 0 Å². The minimum absolute atomic E-state index is 0.268. The average molecular weight is 464 g/mol. The van der Waals surface area contributed by atoms with Crippen molar-refractivity contribution < 1.29 is 14.3 Å². The number of amides is 2. The number of hydrogen-bond acceptors (Lipinski definition) is 4. The van der Waals surface area contributed by atoms with Crippen molar-refractivity contribution in [3.05, 3.63) is 94.6 Å². The lowest BCUT2D eigenvalue weighted by molar-refractivity contribution is -0.123. The molecule has 0 radical (unpaired) electrons. The van der Waals surface area contributed by atoms with Crippen LogP contribution in [0.1, 0.15) is 34.3 Å². The van der Waals surface area contributed by atoms with E-state index in [2.05, 4.69) is 15.6 Å². The molecule has 2 aromatic carbocycles. The van der Waals surface area contributed by atoms with Crippen LogP contribution in [0.2, 0.25) is 5.02 Å². The molecule has 1 fully saturated rings. The van der Waals surface area contributed by atoms with Gasteiger partial charge in [-0.05, 0) is 54.2 Å². The van der Waals surface area contributed by atoms with Crippen molar-refractivity contribution in [3.8, 4) is 5.88 Å². The second-order valence-electron chi connectivity index (χ2n) is 8.20. The molecule has 4 rings (SSSR count). The molecule has 1 aliphatic carbocycles. The number of carbonyl (C=O) groups is 2. The Labute approximate surface area is 198 Å². The number of pyridine rings is 1. The van der Waals surface area contributed by atoms with Gasteiger partial charge in [-0.3, -0.25) is 9.59 Å². The zero-order valence-corrected chi connectivity index (χ0v) is 18.9. The maximum Gasteiger partial charge on any atom is 0.251 e. The number of nitrogens with one attached hydrogen (secondary N) is 2. The van der Waals surface area contributed by atoms with Crippen molar-refractivity contribution in [1.29, 1.82) is 0 Å². The molecule has 6 nitrogen and oxygen atoms in total. The normalized spacial score (nSPS) is 13.7. The number of benzene rings is 2. The Hall–Kier alpha value is -3.38. The van der Waals surface area contributed by atoms with Gasteiger partial charge in [-0.25, -0.2) is 4.98 Å². The van der Waals surface area contributed by atoms with Crippen molar-refractivity contribution in [2.24, 2.45) is 5.92 Å². The van der Waals surface area contributed by atoms with E-state index in [1.54, 1.807) is 30.5 Å². The minimum atomic E-state index is -0.732.